The topological polar surface area (TPSA) is 24.1 Å². The maximum atomic E-state index is 5.98. The largest absolute Gasteiger partial charge is 0.311 e. The number of hydrogen-bond donors (Lipinski definition) is 2. The molecule has 1 aliphatic heterocycles. The zero-order valence-corrected chi connectivity index (χ0v) is 13.9. The Morgan fingerprint density at radius 1 is 0.905 bits per heavy atom. The highest BCUT2D eigenvalue weighted by Crippen LogP contribution is 2.26. The Morgan fingerprint density at radius 3 is 2.38 bits per heavy atom. The molecule has 2 aromatic rings. The van der Waals surface area contributed by atoms with Gasteiger partial charge in [-0.1, -0.05) is 48.0 Å². The predicted molar refractivity (Wildman–Crippen MR) is 93.9 cm³/mol. The van der Waals surface area contributed by atoms with Crippen LogP contribution in [0.3, 0.4) is 0 Å². The Bertz CT molecular complexity index is 558. The highest BCUT2D eigenvalue weighted by Gasteiger charge is 2.18. The van der Waals surface area contributed by atoms with Crippen LogP contribution in [0, 0.1) is 0 Å². The van der Waals surface area contributed by atoms with Crippen LogP contribution in [0.5, 0.6) is 0 Å². The second-order valence-electron chi connectivity index (χ2n) is 4.81. The fraction of sp³-hybridized carbons (Fsp3) is 0.250. The molecule has 0 saturated heterocycles. The summed E-state index contributed by atoms with van der Waals surface area (Å²) in [5, 5.41) is 7.83. The first kappa shape index (κ1) is 18.3. The number of nitrogens with one attached hydrogen (secondary N) is 2. The van der Waals surface area contributed by atoms with Gasteiger partial charge in [-0.15, -0.1) is 24.8 Å². The third kappa shape index (κ3) is 4.35. The van der Waals surface area contributed by atoms with E-state index in [9.17, 15) is 0 Å². The molecule has 1 unspecified atom stereocenters. The van der Waals surface area contributed by atoms with Crippen molar-refractivity contribution in [2.24, 2.45) is 0 Å². The van der Waals surface area contributed by atoms with E-state index < -0.39 is 0 Å². The molecule has 0 radical (unpaired) electrons. The molecule has 0 bridgehead atoms. The van der Waals surface area contributed by atoms with E-state index in [2.05, 4.69) is 47.0 Å². The standard InChI is InChI=1S/C16H17ClN2.2ClH/c17-14-7-5-12(6-8-14)16-15-4-2-1-3-13(15)11-18-9-10-19-16;;/h1-8,16,18-19H,9-11H2;2*1H. The number of benzene rings is 2. The van der Waals surface area contributed by atoms with E-state index in [4.69, 9.17) is 11.6 Å². The Hall–Kier alpha value is -0.770. The van der Waals surface area contributed by atoms with E-state index in [0.717, 1.165) is 24.7 Å². The van der Waals surface area contributed by atoms with E-state index >= 15 is 0 Å². The van der Waals surface area contributed by atoms with Gasteiger partial charge in [0.25, 0.3) is 0 Å². The molecule has 0 saturated carbocycles. The monoisotopic (exact) mass is 344 g/mol. The lowest BCUT2D eigenvalue weighted by atomic mass is 9.93. The van der Waals surface area contributed by atoms with Gasteiger partial charge in [0.15, 0.2) is 0 Å². The fourth-order valence-corrected chi connectivity index (χ4v) is 2.69. The van der Waals surface area contributed by atoms with Gasteiger partial charge in [-0.2, -0.15) is 0 Å². The van der Waals surface area contributed by atoms with Crippen LogP contribution >= 0.6 is 36.4 Å². The van der Waals surface area contributed by atoms with E-state index in [-0.39, 0.29) is 30.9 Å². The van der Waals surface area contributed by atoms with Gasteiger partial charge in [0.1, 0.15) is 0 Å². The Balaban J connectivity index is 0.00000110. The van der Waals surface area contributed by atoms with Crippen LogP contribution in [0.15, 0.2) is 48.5 Å². The summed E-state index contributed by atoms with van der Waals surface area (Å²) in [6.45, 7) is 2.88. The number of halogens is 3. The van der Waals surface area contributed by atoms with Crippen molar-refractivity contribution in [3.63, 3.8) is 0 Å². The minimum atomic E-state index is 0. The van der Waals surface area contributed by atoms with Gasteiger partial charge in [-0.25, -0.2) is 0 Å². The number of hydrogen-bond acceptors (Lipinski definition) is 2. The van der Waals surface area contributed by atoms with Gasteiger partial charge >= 0.3 is 0 Å². The number of rotatable bonds is 1. The molecular formula is C16H19Cl3N2. The minimum Gasteiger partial charge on any atom is -0.311 e. The lowest BCUT2D eigenvalue weighted by Gasteiger charge is -2.25. The molecule has 2 aromatic carbocycles. The van der Waals surface area contributed by atoms with Gasteiger partial charge in [0.2, 0.25) is 0 Å². The van der Waals surface area contributed by atoms with Crippen molar-refractivity contribution in [3.8, 4) is 0 Å². The van der Waals surface area contributed by atoms with Crippen molar-refractivity contribution in [1.29, 1.82) is 0 Å². The van der Waals surface area contributed by atoms with Gasteiger partial charge in [-0.3, -0.25) is 0 Å². The molecule has 0 amide bonds. The zero-order chi connectivity index (χ0) is 13.1. The molecule has 1 atom stereocenters. The van der Waals surface area contributed by atoms with Gasteiger partial charge in [0, 0.05) is 24.7 Å². The van der Waals surface area contributed by atoms with E-state index in [1.165, 1.54) is 16.7 Å². The quantitative estimate of drug-likeness (QED) is 0.817. The first-order valence-corrected chi connectivity index (χ1v) is 7.00. The van der Waals surface area contributed by atoms with E-state index in [1.807, 2.05) is 12.1 Å². The maximum absolute atomic E-state index is 5.98. The first-order chi connectivity index (χ1) is 9.34. The predicted octanol–water partition coefficient (Wildman–Crippen LogP) is 3.97. The third-order valence-corrected chi connectivity index (χ3v) is 3.79. The summed E-state index contributed by atoms with van der Waals surface area (Å²) in [5.41, 5.74) is 3.96. The fourth-order valence-electron chi connectivity index (χ4n) is 2.57. The van der Waals surface area contributed by atoms with Crippen molar-refractivity contribution in [2.75, 3.05) is 13.1 Å². The van der Waals surface area contributed by atoms with E-state index in [1.54, 1.807) is 0 Å². The smallest absolute Gasteiger partial charge is 0.0580 e. The lowest BCUT2D eigenvalue weighted by Crippen LogP contribution is -2.34. The average molecular weight is 346 g/mol. The second kappa shape index (κ2) is 8.62. The van der Waals surface area contributed by atoms with Crippen molar-refractivity contribution < 1.29 is 0 Å². The van der Waals surface area contributed by atoms with Crippen LogP contribution in [0.2, 0.25) is 5.02 Å². The molecule has 0 fully saturated rings. The SMILES string of the molecule is Cl.Cl.Clc1ccc(C2NCCNCc3ccccc32)cc1. The van der Waals surface area contributed by atoms with Crippen LogP contribution in [-0.4, -0.2) is 13.1 Å². The normalized spacial score (nSPS) is 17.5. The average Bonchev–Trinajstić information content (AvgIpc) is 2.42. The molecule has 3 rings (SSSR count). The Labute approximate surface area is 143 Å². The summed E-state index contributed by atoms with van der Waals surface area (Å²) in [5.74, 6) is 0. The Morgan fingerprint density at radius 2 is 1.62 bits per heavy atom. The molecule has 0 spiro atoms. The van der Waals surface area contributed by atoms with Crippen molar-refractivity contribution in [3.05, 3.63) is 70.2 Å². The molecule has 114 valence electrons. The summed E-state index contributed by atoms with van der Waals surface area (Å²) in [6, 6.07) is 17.0. The van der Waals surface area contributed by atoms with Crippen LogP contribution in [-0.2, 0) is 6.54 Å². The molecular weight excluding hydrogens is 327 g/mol. The third-order valence-electron chi connectivity index (χ3n) is 3.54. The van der Waals surface area contributed by atoms with Gasteiger partial charge < -0.3 is 10.6 Å². The summed E-state index contributed by atoms with van der Waals surface area (Å²) in [4.78, 5) is 0. The summed E-state index contributed by atoms with van der Waals surface area (Å²) in [6.07, 6.45) is 0. The number of fused-ring (bicyclic) bond motifs is 1. The minimum absolute atomic E-state index is 0. The Kier molecular flexibility index (Phi) is 7.50. The second-order valence-corrected chi connectivity index (χ2v) is 5.25. The summed E-state index contributed by atoms with van der Waals surface area (Å²) < 4.78 is 0. The highest BCUT2D eigenvalue weighted by atomic mass is 35.5. The van der Waals surface area contributed by atoms with Crippen LogP contribution in [0.25, 0.3) is 0 Å². The highest BCUT2D eigenvalue weighted by molar-refractivity contribution is 6.30. The molecule has 2 nitrogen and oxygen atoms in total. The van der Waals surface area contributed by atoms with Crippen molar-refractivity contribution in [2.45, 2.75) is 12.6 Å². The molecule has 1 heterocycles. The summed E-state index contributed by atoms with van der Waals surface area (Å²) in [7, 11) is 0. The molecule has 2 N–H and O–H groups in total. The summed E-state index contributed by atoms with van der Waals surface area (Å²) >= 11 is 5.98. The molecule has 0 aliphatic carbocycles. The van der Waals surface area contributed by atoms with Crippen LogP contribution < -0.4 is 10.6 Å². The van der Waals surface area contributed by atoms with Gasteiger partial charge in [0.05, 0.1) is 6.04 Å². The first-order valence-electron chi connectivity index (χ1n) is 6.62. The van der Waals surface area contributed by atoms with Crippen molar-refractivity contribution in [1.82, 2.24) is 10.6 Å². The van der Waals surface area contributed by atoms with Crippen LogP contribution in [0.4, 0.5) is 0 Å². The maximum Gasteiger partial charge on any atom is 0.0580 e. The zero-order valence-electron chi connectivity index (χ0n) is 11.5. The molecule has 21 heavy (non-hydrogen) atoms. The van der Waals surface area contributed by atoms with E-state index in [0.29, 0.717) is 0 Å². The molecule has 1 aliphatic rings. The van der Waals surface area contributed by atoms with Gasteiger partial charge in [-0.05, 0) is 28.8 Å². The molecule has 5 heteroatoms. The van der Waals surface area contributed by atoms with Crippen LogP contribution in [0.1, 0.15) is 22.7 Å². The lowest BCUT2D eigenvalue weighted by molar-refractivity contribution is 0.538. The van der Waals surface area contributed by atoms with Crippen molar-refractivity contribution >= 4 is 36.4 Å². The molecule has 0 aromatic heterocycles.